The molecule has 4 rings (SSSR count). The number of ether oxygens (including phenoxy) is 1. The van der Waals surface area contributed by atoms with Crippen LogP contribution < -0.4 is 9.64 Å². The quantitative estimate of drug-likeness (QED) is 0.535. The predicted octanol–water partition coefficient (Wildman–Crippen LogP) is 3.23. The first-order chi connectivity index (χ1) is 14.7. The highest BCUT2D eigenvalue weighted by Crippen LogP contribution is 2.20. The number of hydrogen-bond acceptors (Lipinski definition) is 7. The second kappa shape index (κ2) is 9.62. The summed E-state index contributed by atoms with van der Waals surface area (Å²) in [6.07, 6.45) is 0. The van der Waals surface area contributed by atoms with Crippen LogP contribution in [0.25, 0.3) is 0 Å². The van der Waals surface area contributed by atoms with Crippen LogP contribution in [0.3, 0.4) is 0 Å². The Balaban J connectivity index is 1.21. The Labute approximate surface area is 177 Å². The molecule has 9 heteroatoms. The lowest BCUT2D eigenvalue weighted by Gasteiger charge is -2.36. The number of para-hydroxylation sites is 1. The molecule has 2 heterocycles. The van der Waals surface area contributed by atoms with E-state index in [0.717, 1.165) is 11.4 Å². The van der Waals surface area contributed by atoms with E-state index in [1.54, 1.807) is 12.1 Å². The number of anilines is 1. The van der Waals surface area contributed by atoms with Gasteiger partial charge in [-0.25, -0.2) is 4.39 Å². The van der Waals surface area contributed by atoms with Gasteiger partial charge in [0.05, 0.1) is 5.75 Å². The monoisotopic (exact) mass is 428 g/mol. The van der Waals surface area contributed by atoms with Gasteiger partial charge in [-0.15, -0.1) is 10.2 Å². The van der Waals surface area contributed by atoms with Crippen molar-refractivity contribution >= 4 is 23.4 Å². The third-order valence-corrected chi connectivity index (χ3v) is 5.50. The van der Waals surface area contributed by atoms with Crippen LogP contribution in [-0.4, -0.2) is 52.9 Å². The zero-order valence-electron chi connectivity index (χ0n) is 16.2. The van der Waals surface area contributed by atoms with Crippen LogP contribution in [0.2, 0.25) is 0 Å². The van der Waals surface area contributed by atoms with Gasteiger partial charge in [-0.05, 0) is 36.4 Å². The first-order valence-electron chi connectivity index (χ1n) is 9.59. The maximum Gasteiger partial charge on any atom is 0.277 e. The van der Waals surface area contributed by atoms with Gasteiger partial charge in [0.2, 0.25) is 5.91 Å². The molecule has 1 fully saturated rings. The number of benzene rings is 2. The summed E-state index contributed by atoms with van der Waals surface area (Å²) in [6.45, 7) is 2.84. The highest BCUT2D eigenvalue weighted by molar-refractivity contribution is 7.99. The Morgan fingerprint density at radius 1 is 1.03 bits per heavy atom. The number of nitrogens with zero attached hydrogens (tertiary/aromatic N) is 4. The molecule has 7 nitrogen and oxygen atoms in total. The van der Waals surface area contributed by atoms with Crippen molar-refractivity contribution in [3.63, 3.8) is 0 Å². The SMILES string of the molecule is O=C(CSc1nnc(COc2ccccc2)o1)N1CCN(c2ccc(F)cc2)CC1. The van der Waals surface area contributed by atoms with Crippen LogP contribution in [0.5, 0.6) is 5.75 Å². The van der Waals surface area contributed by atoms with Crippen LogP contribution in [-0.2, 0) is 11.4 Å². The summed E-state index contributed by atoms with van der Waals surface area (Å²) in [6, 6.07) is 15.8. The van der Waals surface area contributed by atoms with Gasteiger partial charge in [-0.3, -0.25) is 4.79 Å². The van der Waals surface area contributed by atoms with Crippen molar-refractivity contribution in [2.45, 2.75) is 11.8 Å². The summed E-state index contributed by atoms with van der Waals surface area (Å²) in [5, 5.41) is 8.26. The molecule has 30 heavy (non-hydrogen) atoms. The summed E-state index contributed by atoms with van der Waals surface area (Å²) < 4.78 is 24.2. The largest absolute Gasteiger partial charge is 0.484 e. The fourth-order valence-electron chi connectivity index (χ4n) is 3.10. The maximum absolute atomic E-state index is 13.1. The lowest BCUT2D eigenvalue weighted by molar-refractivity contribution is -0.128. The zero-order chi connectivity index (χ0) is 20.8. The smallest absolute Gasteiger partial charge is 0.277 e. The first-order valence-corrected chi connectivity index (χ1v) is 10.6. The van der Waals surface area contributed by atoms with Gasteiger partial charge < -0.3 is 19.0 Å². The summed E-state index contributed by atoms with van der Waals surface area (Å²) >= 11 is 1.22. The molecule has 1 aromatic heterocycles. The van der Waals surface area contributed by atoms with E-state index < -0.39 is 0 Å². The van der Waals surface area contributed by atoms with Crippen molar-refractivity contribution in [2.75, 3.05) is 36.8 Å². The van der Waals surface area contributed by atoms with Crippen LogP contribution in [0.4, 0.5) is 10.1 Å². The minimum absolute atomic E-state index is 0.0269. The molecule has 0 unspecified atom stereocenters. The third kappa shape index (κ3) is 5.29. The molecule has 3 aromatic rings. The van der Waals surface area contributed by atoms with Gasteiger partial charge in [0.1, 0.15) is 11.6 Å². The van der Waals surface area contributed by atoms with Crippen LogP contribution >= 0.6 is 11.8 Å². The number of halogens is 1. The fourth-order valence-corrected chi connectivity index (χ4v) is 3.78. The minimum Gasteiger partial charge on any atom is -0.484 e. The van der Waals surface area contributed by atoms with Gasteiger partial charge in [-0.2, -0.15) is 0 Å². The molecule has 0 N–H and O–H groups in total. The Hall–Kier alpha value is -3.07. The summed E-state index contributed by atoms with van der Waals surface area (Å²) in [5.74, 6) is 1.10. The van der Waals surface area contributed by atoms with E-state index in [1.165, 1.54) is 23.9 Å². The first kappa shape index (κ1) is 20.2. The summed E-state index contributed by atoms with van der Waals surface area (Å²) in [4.78, 5) is 16.5. The van der Waals surface area contributed by atoms with E-state index in [1.807, 2.05) is 35.2 Å². The molecule has 1 aliphatic heterocycles. The number of aromatic nitrogens is 2. The van der Waals surface area contributed by atoms with Crippen LogP contribution in [0, 0.1) is 5.82 Å². The molecule has 0 saturated carbocycles. The van der Waals surface area contributed by atoms with Crippen molar-refractivity contribution < 1.29 is 18.3 Å². The minimum atomic E-state index is -0.250. The van der Waals surface area contributed by atoms with Gasteiger partial charge >= 0.3 is 0 Å². The molecule has 0 bridgehead atoms. The van der Waals surface area contributed by atoms with Gasteiger partial charge in [0.25, 0.3) is 11.1 Å². The molecular formula is C21H21FN4O3S. The second-order valence-corrected chi connectivity index (χ2v) is 7.62. The molecule has 0 aliphatic carbocycles. The zero-order valence-corrected chi connectivity index (χ0v) is 17.1. The van der Waals surface area contributed by atoms with Gasteiger partial charge in [0.15, 0.2) is 6.61 Å². The van der Waals surface area contributed by atoms with Crippen LogP contribution in [0.1, 0.15) is 5.89 Å². The van der Waals surface area contributed by atoms with E-state index >= 15 is 0 Å². The Kier molecular flexibility index (Phi) is 6.48. The predicted molar refractivity (Wildman–Crippen MR) is 111 cm³/mol. The van der Waals surface area contributed by atoms with Crippen LogP contribution in [0.15, 0.2) is 64.2 Å². The molecule has 1 aliphatic rings. The average Bonchev–Trinajstić information content (AvgIpc) is 3.25. The number of piperazine rings is 1. The van der Waals surface area contributed by atoms with Gasteiger partial charge in [0, 0.05) is 31.9 Å². The molecule has 156 valence electrons. The number of carbonyl (C=O) groups is 1. The molecule has 1 saturated heterocycles. The molecule has 0 spiro atoms. The molecule has 0 atom stereocenters. The molecule has 0 radical (unpaired) electrons. The normalized spacial score (nSPS) is 14.0. The number of hydrogen-bond donors (Lipinski definition) is 0. The fraction of sp³-hybridized carbons (Fsp3) is 0.286. The van der Waals surface area contributed by atoms with Crippen molar-refractivity contribution in [1.82, 2.24) is 15.1 Å². The molecular weight excluding hydrogens is 407 g/mol. The lowest BCUT2D eigenvalue weighted by atomic mass is 10.2. The van der Waals surface area contributed by atoms with Crippen molar-refractivity contribution in [3.8, 4) is 5.75 Å². The second-order valence-electron chi connectivity index (χ2n) is 6.70. The van der Waals surface area contributed by atoms with Crippen molar-refractivity contribution in [3.05, 3.63) is 66.3 Å². The summed E-state index contributed by atoms with van der Waals surface area (Å²) in [7, 11) is 0. The Morgan fingerprint density at radius 2 is 1.77 bits per heavy atom. The maximum atomic E-state index is 13.1. The third-order valence-electron chi connectivity index (χ3n) is 4.70. The number of rotatable bonds is 7. The highest BCUT2D eigenvalue weighted by Gasteiger charge is 2.22. The van der Waals surface area contributed by atoms with E-state index in [-0.39, 0.29) is 24.1 Å². The van der Waals surface area contributed by atoms with E-state index in [0.29, 0.717) is 37.3 Å². The Morgan fingerprint density at radius 3 is 2.50 bits per heavy atom. The van der Waals surface area contributed by atoms with E-state index in [2.05, 4.69) is 15.1 Å². The van der Waals surface area contributed by atoms with E-state index in [9.17, 15) is 9.18 Å². The lowest BCUT2D eigenvalue weighted by Crippen LogP contribution is -2.49. The molecule has 1 amide bonds. The number of thioether (sulfide) groups is 1. The highest BCUT2D eigenvalue weighted by atomic mass is 32.2. The number of carbonyl (C=O) groups excluding carboxylic acids is 1. The molecule has 2 aromatic carbocycles. The van der Waals surface area contributed by atoms with E-state index in [4.69, 9.17) is 9.15 Å². The summed E-state index contributed by atoms with van der Waals surface area (Å²) in [5.41, 5.74) is 0.967. The Bertz CT molecular complexity index is 960. The van der Waals surface area contributed by atoms with Crippen molar-refractivity contribution in [2.24, 2.45) is 0 Å². The topological polar surface area (TPSA) is 71.7 Å². The average molecular weight is 428 g/mol. The van der Waals surface area contributed by atoms with Crippen molar-refractivity contribution in [1.29, 1.82) is 0 Å². The number of amides is 1. The standard InChI is InChI=1S/C21H21FN4O3S/c22-16-6-8-17(9-7-16)25-10-12-26(13-11-25)20(27)15-30-21-24-23-19(29-21)14-28-18-4-2-1-3-5-18/h1-9H,10-15H2. The van der Waals surface area contributed by atoms with Gasteiger partial charge in [-0.1, -0.05) is 30.0 Å².